The number of halogens is 3. The van der Waals surface area contributed by atoms with Gasteiger partial charge in [-0.25, -0.2) is 4.98 Å². The van der Waals surface area contributed by atoms with Gasteiger partial charge in [0.05, 0.1) is 6.61 Å². The Kier molecular flexibility index (Phi) is 3.04. The summed E-state index contributed by atoms with van der Waals surface area (Å²) in [6.45, 7) is 0.103. The molecule has 0 amide bonds. The Labute approximate surface area is 95.6 Å². The molecule has 0 spiro atoms. The third kappa shape index (κ3) is 2.75. The van der Waals surface area contributed by atoms with E-state index < -0.39 is 17.6 Å². The number of hydrogen-bond donors (Lipinski definition) is 0. The van der Waals surface area contributed by atoms with Crippen LogP contribution in [0.1, 0.15) is 18.4 Å². The zero-order valence-electron chi connectivity index (χ0n) is 8.83. The van der Waals surface area contributed by atoms with Crippen molar-refractivity contribution >= 4 is 5.78 Å². The molecule has 6 heteroatoms. The number of rotatable bonds is 3. The van der Waals surface area contributed by atoms with Crippen LogP contribution in [0.2, 0.25) is 0 Å². The Bertz CT molecular complexity index is 423. The maximum absolute atomic E-state index is 12.6. The van der Waals surface area contributed by atoms with Gasteiger partial charge in [-0.3, -0.25) is 4.79 Å². The molecule has 1 fully saturated rings. The van der Waals surface area contributed by atoms with Crippen molar-refractivity contribution in [3.63, 3.8) is 0 Å². The molecule has 1 heterocycles. The topological polar surface area (TPSA) is 39.2 Å². The molecule has 0 N–H and O–H groups in total. The van der Waals surface area contributed by atoms with E-state index in [4.69, 9.17) is 4.74 Å². The van der Waals surface area contributed by atoms with Crippen LogP contribution >= 0.6 is 0 Å². The van der Waals surface area contributed by atoms with Gasteiger partial charge in [0.1, 0.15) is 11.3 Å². The quantitative estimate of drug-likeness (QED) is 0.821. The highest BCUT2D eigenvalue weighted by atomic mass is 19.4. The fraction of sp³-hybridized carbons (Fsp3) is 0.455. The van der Waals surface area contributed by atoms with Crippen LogP contribution in [0.15, 0.2) is 18.3 Å². The Balaban J connectivity index is 2.02. The molecule has 0 radical (unpaired) electrons. The van der Waals surface area contributed by atoms with Gasteiger partial charge in [0.15, 0.2) is 0 Å². The summed E-state index contributed by atoms with van der Waals surface area (Å²) in [4.78, 5) is 14.3. The molecule has 1 saturated carbocycles. The maximum Gasteiger partial charge on any atom is 0.421 e. The first-order valence-electron chi connectivity index (χ1n) is 5.13. The number of alkyl halides is 3. The molecule has 1 aliphatic carbocycles. The summed E-state index contributed by atoms with van der Waals surface area (Å²) in [5, 5.41) is 0. The molecule has 0 unspecified atom stereocenters. The van der Waals surface area contributed by atoms with Gasteiger partial charge in [0.2, 0.25) is 5.88 Å². The third-order valence-electron chi connectivity index (χ3n) is 2.57. The number of hydrogen-bond acceptors (Lipinski definition) is 3. The number of carbonyl (C=O) groups excluding carboxylic acids is 1. The Morgan fingerprint density at radius 3 is 2.71 bits per heavy atom. The second-order valence-electron chi connectivity index (χ2n) is 3.98. The second-order valence-corrected chi connectivity index (χ2v) is 3.98. The number of aromatic nitrogens is 1. The van der Waals surface area contributed by atoms with E-state index in [9.17, 15) is 18.0 Å². The van der Waals surface area contributed by atoms with Gasteiger partial charge in [-0.05, 0) is 12.1 Å². The van der Waals surface area contributed by atoms with Crippen molar-refractivity contribution in [2.45, 2.75) is 19.0 Å². The fourth-order valence-electron chi connectivity index (χ4n) is 1.62. The van der Waals surface area contributed by atoms with E-state index in [1.807, 2.05) is 0 Å². The Morgan fingerprint density at radius 2 is 2.12 bits per heavy atom. The number of Topliss-reactive ketones (excluding diaryl/α,β-unsaturated/α-hetero) is 1. The van der Waals surface area contributed by atoms with E-state index in [1.165, 1.54) is 12.3 Å². The van der Waals surface area contributed by atoms with E-state index in [0.717, 1.165) is 6.07 Å². The zero-order valence-corrected chi connectivity index (χ0v) is 8.83. The monoisotopic (exact) mass is 245 g/mol. The number of ketones is 1. The first-order valence-corrected chi connectivity index (χ1v) is 5.13. The lowest BCUT2D eigenvalue weighted by atomic mass is 9.85. The molecule has 2 rings (SSSR count). The highest BCUT2D eigenvalue weighted by Gasteiger charge is 2.35. The molecule has 0 aromatic carbocycles. The molecule has 0 saturated heterocycles. The van der Waals surface area contributed by atoms with E-state index in [1.54, 1.807) is 0 Å². The van der Waals surface area contributed by atoms with Gasteiger partial charge in [0.25, 0.3) is 0 Å². The zero-order chi connectivity index (χ0) is 12.5. The van der Waals surface area contributed by atoms with E-state index in [2.05, 4.69) is 4.98 Å². The lowest BCUT2D eigenvalue weighted by Gasteiger charge is -2.24. The van der Waals surface area contributed by atoms with Crippen molar-refractivity contribution < 1.29 is 22.7 Å². The van der Waals surface area contributed by atoms with Crippen LogP contribution in [0, 0.1) is 5.92 Å². The van der Waals surface area contributed by atoms with Crippen molar-refractivity contribution in [1.82, 2.24) is 4.98 Å². The number of pyridine rings is 1. The van der Waals surface area contributed by atoms with Crippen molar-refractivity contribution in [1.29, 1.82) is 0 Å². The average Bonchev–Trinajstić information content (AvgIpc) is 2.22. The standard InChI is InChI=1S/C11H10F3NO2/c12-11(13,14)9-2-1-3-15-10(9)17-6-7-4-8(16)5-7/h1-3,7H,4-6H2. The largest absolute Gasteiger partial charge is 0.477 e. The van der Waals surface area contributed by atoms with Crippen LogP contribution in [-0.4, -0.2) is 17.4 Å². The number of ether oxygens (including phenoxy) is 1. The Hall–Kier alpha value is -1.59. The summed E-state index contributed by atoms with van der Waals surface area (Å²) < 4.78 is 42.7. The van der Waals surface area contributed by atoms with Gasteiger partial charge in [-0.1, -0.05) is 0 Å². The highest BCUT2D eigenvalue weighted by Crippen LogP contribution is 2.35. The van der Waals surface area contributed by atoms with Gasteiger partial charge >= 0.3 is 6.18 Å². The number of nitrogens with zero attached hydrogens (tertiary/aromatic N) is 1. The van der Waals surface area contributed by atoms with Gasteiger partial charge in [0, 0.05) is 25.0 Å². The lowest BCUT2D eigenvalue weighted by Crippen LogP contribution is -2.29. The number of carbonyl (C=O) groups is 1. The van der Waals surface area contributed by atoms with Crippen molar-refractivity contribution in [3.05, 3.63) is 23.9 Å². The van der Waals surface area contributed by atoms with Crippen LogP contribution in [0.5, 0.6) is 5.88 Å². The molecule has 0 aliphatic heterocycles. The van der Waals surface area contributed by atoms with Gasteiger partial charge in [-0.2, -0.15) is 13.2 Å². The van der Waals surface area contributed by atoms with Crippen molar-refractivity contribution in [2.75, 3.05) is 6.61 Å². The molecular weight excluding hydrogens is 235 g/mol. The molecule has 1 aliphatic rings. The minimum atomic E-state index is -4.47. The van der Waals surface area contributed by atoms with Crippen molar-refractivity contribution in [3.8, 4) is 5.88 Å². The molecule has 0 atom stereocenters. The molecule has 92 valence electrons. The predicted molar refractivity (Wildman–Crippen MR) is 52.5 cm³/mol. The van der Waals surface area contributed by atoms with E-state index >= 15 is 0 Å². The molecule has 1 aromatic rings. The summed E-state index contributed by atoms with van der Waals surface area (Å²) in [6.07, 6.45) is -2.46. The summed E-state index contributed by atoms with van der Waals surface area (Å²) in [7, 11) is 0. The normalized spacial score (nSPS) is 16.8. The minimum absolute atomic E-state index is 0.0191. The summed E-state index contributed by atoms with van der Waals surface area (Å²) >= 11 is 0. The van der Waals surface area contributed by atoms with Gasteiger partial charge in [-0.15, -0.1) is 0 Å². The molecular formula is C11H10F3NO2. The van der Waals surface area contributed by atoms with Crippen LogP contribution in [0.25, 0.3) is 0 Å². The fourth-order valence-corrected chi connectivity index (χ4v) is 1.62. The first kappa shape index (κ1) is 11.9. The average molecular weight is 245 g/mol. The highest BCUT2D eigenvalue weighted by molar-refractivity contribution is 5.84. The van der Waals surface area contributed by atoms with Crippen molar-refractivity contribution in [2.24, 2.45) is 5.92 Å². The molecule has 0 bridgehead atoms. The first-order chi connectivity index (χ1) is 7.97. The SMILES string of the molecule is O=C1CC(COc2ncccc2C(F)(F)F)C1. The van der Waals surface area contributed by atoms with E-state index in [0.29, 0.717) is 12.8 Å². The smallest absolute Gasteiger partial charge is 0.421 e. The van der Waals surface area contributed by atoms with Crippen LogP contribution in [-0.2, 0) is 11.0 Å². The molecule has 1 aromatic heterocycles. The maximum atomic E-state index is 12.6. The van der Waals surface area contributed by atoms with Gasteiger partial charge < -0.3 is 4.74 Å². The Morgan fingerprint density at radius 1 is 1.41 bits per heavy atom. The third-order valence-corrected chi connectivity index (χ3v) is 2.57. The summed E-state index contributed by atoms with van der Waals surface area (Å²) in [5.74, 6) is -0.277. The lowest BCUT2D eigenvalue weighted by molar-refractivity contribution is -0.140. The second kappa shape index (κ2) is 4.35. The van der Waals surface area contributed by atoms with E-state index in [-0.39, 0.29) is 18.3 Å². The summed E-state index contributed by atoms with van der Waals surface area (Å²) in [6, 6.07) is 2.14. The predicted octanol–water partition coefficient (Wildman–Crippen LogP) is 2.46. The molecule has 17 heavy (non-hydrogen) atoms. The minimum Gasteiger partial charge on any atom is -0.477 e. The summed E-state index contributed by atoms with van der Waals surface area (Å²) in [5.41, 5.74) is -0.884. The molecule has 3 nitrogen and oxygen atoms in total. The van der Waals surface area contributed by atoms with Crippen LogP contribution in [0.3, 0.4) is 0 Å². The van der Waals surface area contributed by atoms with Crippen LogP contribution in [0.4, 0.5) is 13.2 Å². The van der Waals surface area contributed by atoms with Crippen LogP contribution < -0.4 is 4.74 Å².